The van der Waals surface area contributed by atoms with Gasteiger partial charge in [0, 0.05) is 45.4 Å². The number of halogens is 1. The van der Waals surface area contributed by atoms with Crippen LogP contribution in [0.2, 0.25) is 5.02 Å². The Morgan fingerprint density at radius 2 is 1.91 bits per heavy atom. The molecule has 2 aromatic carbocycles. The predicted molar refractivity (Wildman–Crippen MR) is 133 cm³/mol. The van der Waals surface area contributed by atoms with E-state index in [1.165, 1.54) is 4.31 Å². The normalized spacial score (nSPS) is 15.2. The van der Waals surface area contributed by atoms with Crippen LogP contribution in [0.4, 0.5) is 0 Å². The number of carbonyl (C=O) groups is 1. The minimum absolute atomic E-state index is 0.171. The van der Waals surface area contributed by atoms with Gasteiger partial charge in [-0.3, -0.25) is 4.79 Å². The molecule has 0 spiro atoms. The van der Waals surface area contributed by atoms with Crippen molar-refractivity contribution in [2.75, 3.05) is 13.1 Å². The van der Waals surface area contributed by atoms with Crippen LogP contribution in [-0.2, 0) is 21.4 Å². The summed E-state index contributed by atoms with van der Waals surface area (Å²) >= 11 is 7.83. The predicted octanol–water partition coefficient (Wildman–Crippen LogP) is 5.36. The molecule has 0 radical (unpaired) electrons. The topological polar surface area (TPSA) is 79.6 Å². The Morgan fingerprint density at radius 3 is 2.52 bits per heavy atom. The Labute approximate surface area is 202 Å². The van der Waals surface area contributed by atoms with Crippen molar-refractivity contribution in [2.45, 2.75) is 41.9 Å². The highest BCUT2D eigenvalue weighted by molar-refractivity contribution is 7.99. The molecule has 3 aromatic rings. The van der Waals surface area contributed by atoms with Crippen molar-refractivity contribution in [3.8, 4) is 0 Å². The van der Waals surface area contributed by atoms with Gasteiger partial charge in [-0.2, -0.15) is 4.31 Å². The fraction of sp³-hybridized carbons (Fsp3) is 0.292. The molecule has 33 heavy (non-hydrogen) atoms. The van der Waals surface area contributed by atoms with Crippen LogP contribution in [0, 0.1) is 0 Å². The van der Waals surface area contributed by atoms with E-state index in [1.807, 2.05) is 30.5 Å². The third kappa shape index (κ3) is 5.14. The number of benzene rings is 2. The number of sulfonamides is 1. The first-order valence-corrected chi connectivity index (χ1v) is 13.3. The summed E-state index contributed by atoms with van der Waals surface area (Å²) in [6, 6.07) is 12.5. The highest BCUT2D eigenvalue weighted by Crippen LogP contribution is 2.34. The van der Waals surface area contributed by atoms with Crippen LogP contribution in [0.3, 0.4) is 0 Å². The van der Waals surface area contributed by atoms with Crippen LogP contribution in [-0.4, -0.2) is 46.7 Å². The zero-order valence-electron chi connectivity index (χ0n) is 18.4. The smallest absolute Gasteiger partial charge is 0.323 e. The largest absolute Gasteiger partial charge is 0.480 e. The van der Waals surface area contributed by atoms with Crippen molar-refractivity contribution >= 4 is 55.8 Å². The maximum Gasteiger partial charge on any atom is 0.323 e. The third-order valence-corrected chi connectivity index (χ3v) is 8.63. The Bertz CT molecular complexity index is 1330. The van der Waals surface area contributed by atoms with Crippen molar-refractivity contribution in [1.29, 1.82) is 0 Å². The van der Waals surface area contributed by atoms with Crippen molar-refractivity contribution in [3.05, 3.63) is 65.3 Å². The summed E-state index contributed by atoms with van der Waals surface area (Å²) in [4.78, 5) is 12.6. The Balaban J connectivity index is 1.59. The molecule has 174 valence electrons. The monoisotopic (exact) mass is 504 g/mol. The Kier molecular flexibility index (Phi) is 6.91. The summed E-state index contributed by atoms with van der Waals surface area (Å²) in [6.07, 6.45) is 4.27. The fourth-order valence-electron chi connectivity index (χ4n) is 4.02. The lowest BCUT2D eigenvalue weighted by Gasteiger charge is -2.26. The summed E-state index contributed by atoms with van der Waals surface area (Å²) in [5.41, 5.74) is 2.66. The number of hydrogen-bond acceptors (Lipinski definition) is 4. The quantitative estimate of drug-likeness (QED) is 0.438. The minimum Gasteiger partial charge on any atom is -0.480 e. The second kappa shape index (κ2) is 9.54. The molecule has 0 fully saturated rings. The second-order valence-electron chi connectivity index (χ2n) is 8.21. The molecular weight excluding hydrogens is 480 g/mol. The lowest BCUT2D eigenvalue weighted by Crippen LogP contribution is -2.34. The van der Waals surface area contributed by atoms with Crippen LogP contribution in [0.15, 0.2) is 64.5 Å². The SMILES string of the molecule is CC(C)Sc1ccc(S(=O)(=O)N2CC=C(c3cn(CC(=O)O)c4cc(Cl)ccc34)CC2)cc1. The van der Waals surface area contributed by atoms with Gasteiger partial charge in [-0.1, -0.05) is 37.6 Å². The number of carboxylic acid groups (broad SMARTS) is 1. The van der Waals surface area contributed by atoms with E-state index >= 15 is 0 Å². The number of thioether (sulfide) groups is 1. The first kappa shape index (κ1) is 23.9. The maximum atomic E-state index is 13.1. The van der Waals surface area contributed by atoms with Crippen LogP contribution in [0.1, 0.15) is 25.8 Å². The number of aromatic nitrogens is 1. The first-order valence-electron chi connectivity index (χ1n) is 10.6. The van der Waals surface area contributed by atoms with Crippen LogP contribution in [0.25, 0.3) is 16.5 Å². The number of rotatable bonds is 7. The van der Waals surface area contributed by atoms with E-state index in [2.05, 4.69) is 13.8 Å². The molecule has 0 atom stereocenters. The molecule has 0 unspecified atom stereocenters. The van der Waals surface area contributed by atoms with E-state index in [0.29, 0.717) is 28.1 Å². The fourth-order valence-corrected chi connectivity index (χ4v) is 6.41. The molecule has 1 aliphatic rings. The molecule has 6 nitrogen and oxygen atoms in total. The molecule has 0 bridgehead atoms. The zero-order valence-corrected chi connectivity index (χ0v) is 20.8. The molecule has 1 aliphatic heterocycles. The molecule has 1 aromatic heterocycles. The molecular formula is C24H25ClN2O4S2. The molecule has 0 saturated heterocycles. The van der Waals surface area contributed by atoms with Gasteiger partial charge >= 0.3 is 5.97 Å². The van der Waals surface area contributed by atoms with Gasteiger partial charge < -0.3 is 9.67 Å². The van der Waals surface area contributed by atoms with E-state index in [0.717, 1.165) is 26.9 Å². The summed E-state index contributed by atoms with van der Waals surface area (Å²) < 4.78 is 29.4. The lowest BCUT2D eigenvalue weighted by molar-refractivity contribution is -0.137. The van der Waals surface area contributed by atoms with Crippen molar-refractivity contribution in [3.63, 3.8) is 0 Å². The Morgan fingerprint density at radius 1 is 1.18 bits per heavy atom. The Hall–Kier alpha value is -2.26. The van der Waals surface area contributed by atoms with Crippen molar-refractivity contribution < 1.29 is 18.3 Å². The van der Waals surface area contributed by atoms with E-state index in [4.69, 9.17) is 11.6 Å². The van der Waals surface area contributed by atoms with Crippen LogP contribution >= 0.6 is 23.4 Å². The average Bonchev–Trinajstić information content (AvgIpc) is 3.10. The minimum atomic E-state index is -3.59. The standard InChI is InChI=1S/C24H25ClN2O4S2/c1-16(2)32-19-4-6-20(7-5-19)33(30,31)27-11-9-17(10-12-27)22-14-26(15-24(28)29)23-13-18(25)3-8-21(22)23/h3-9,13-14,16H,10-12,15H2,1-2H3,(H,28,29). The van der Waals surface area contributed by atoms with Gasteiger partial charge in [-0.05, 0) is 48.4 Å². The molecule has 0 saturated carbocycles. The molecule has 2 heterocycles. The molecule has 0 amide bonds. The van der Waals surface area contributed by atoms with Gasteiger partial charge in [-0.15, -0.1) is 11.8 Å². The molecule has 0 aliphatic carbocycles. The maximum absolute atomic E-state index is 13.1. The van der Waals surface area contributed by atoms with Crippen molar-refractivity contribution in [2.24, 2.45) is 0 Å². The van der Waals surface area contributed by atoms with Gasteiger partial charge in [0.2, 0.25) is 10.0 Å². The summed E-state index contributed by atoms with van der Waals surface area (Å²) in [6.45, 7) is 4.65. The molecule has 9 heteroatoms. The van der Waals surface area contributed by atoms with Gasteiger partial charge in [0.25, 0.3) is 0 Å². The number of carboxylic acids is 1. The van der Waals surface area contributed by atoms with Gasteiger partial charge in [0.05, 0.1) is 10.4 Å². The number of nitrogens with zero attached hydrogens (tertiary/aromatic N) is 2. The second-order valence-corrected chi connectivity index (χ2v) is 12.2. The van der Waals surface area contributed by atoms with Gasteiger partial charge in [-0.25, -0.2) is 8.42 Å². The summed E-state index contributed by atoms with van der Waals surface area (Å²) in [5.74, 6) is -0.939. The van der Waals surface area contributed by atoms with Crippen LogP contribution in [0.5, 0.6) is 0 Å². The van der Waals surface area contributed by atoms with Gasteiger partial charge in [0.1, 0.15) is 6.54 Å². The third-order valence-electron chi connectivity index (χ3n) is 5.50. The summed E-state index contributed by atoms with van der Waals surface area (Å²) in [7, 11) is -3.59. The number of hydrogen-bond donors (Lipinski definition) is 1. The highest BCUT2D eigenvalue weighted by atomic mass is 35.5. The molecule has 4 rings (SSSR count). The van der Waals surface area contributed by atoms with E-state index in [-0.39, 0.29) is 13.1 Å². The van der Waals surface area contributed by atoms with E-state index in [1.54, 1.807) is 40.6 Å². The number of aliphatic carboxylic acids is 1. The van der Waals surface area contributed by atoms with E-state index in [9.17, 15) is 18.3 Å². The highest BCUT2D eigenvalue weighted by Gasteiger charge is 2.27. The lowest BCUT2D eigenvalue weighted by atomic mass is 10.00. The van der Waals surface area contributed by atoms with Gasteiger partial charge in [0.15, 0.2) is 0 Å². The first-order chi connectivity index (χ1) is 15.6. The number of fused-ring (bicyclic) bond motifs is 1. The van der Waals surface area contributed by atoms with Crippen LogP contribution < -0.4 is 0 Å². The van der Waals surface area contributed by atoms with Crippen molar-refractivity contribution in [1.82, 2.24) is 8.87 Å². The zero-order chi connectivity index (χ0) is 23.8. The molecule has 1 N–H and O–H groups in total. The van der Waals surface area contributed by atoms with E-state index < -0.39 is 16.0 Å². The summed E-state index contributed by atoms with van der Waals surface area (Å²) in [5, 5.41) is 11.1. The average molecular weight is 505 g/mol.